The number of anilines is 1. The van der Waals surface area contributed by atoms with Crippen LogP contribution in [0.3, 0.4) is 0 Å². The van der Waals surface area contributed by atoms with Crippen molar-refractivity contribution < 1.29 is 19.1 Å². The topological polar surface area (TPSA) is 72.5 Å². The molecule has 23 heavy (non-hydrogen) atoms. The molecule has 0 aliphatic heterocycles. The van der Waals surface area contributed by atoms with E-state index in [1.807, 2.05) is 6.07 Å². The van der Waals surface area contributed by atoms with Crippen molar-refractivity contribution in [1.29, 1.82) is 0 Å². The number of nitrogens with one attached hydrogen (secondary N) is 1. The first-order chi connectivity index (χ1) is 11.1. The van der Waals surface area contributed by atoms with E-state index in [0.717, 1.165) is 5.56 Å². The van der Waals surface area contributed by atoms with Crippen molar-refractivity contribution in [3.05, 3.63) is 66.2 Å². The molecule has 5 heteroatoms. The molecule has 1 N–H and O–H groups in total. The first-order valence-electron chi connectivity index (χ1n) is 7.16. The Morgan fingerprint density at radius 3 is 2.09 bits per heavy atom. The number of carbonyl (C=O) groups is 3. The van der Waals surface area contributed by atoms with Crippen molar-refractivity contribution >= 4 is 23.3 Å². The summed E-state index contributed by atoms with van der Waals surface area (Å²) in [5, 5.41) is 2.58. The van der Waals surface area contributed by atoms with Crippen LogP contribution in [-0.4, -0.2) is 23.8 Å². The lowest BCUT2D eigenvalue weighted by molar-refractivity contribution is -0.157. The van der Waals surface area contributed by atoms with Gasteiger partial charge in [-0.15, -0.1) is 0 Å². The van der Waals surface area contributed by atoms with Gasteiger partial charge in [-0.3, -0.25) is 14.4 Å². The molecule has 2 aromatic rings. The number of Topliss-reactive ketones (excluding diaryl/α,β-unsaturated/α-hetero) is 1. The Morgan fingerprint density at radius 2 is 1.52 bits per heavy atom. The highest BCUT2D eigenvalue weighted by molar-refractivity contribution is 6.11. The summed E-state index contributed by atoms with van der Waals surface area (Å²) in [7, 11) is 0. The molecule has 0 radical (unpaired) electrons. The first-order valence-corrected chi connectivity index (χ1v) is 7.16. The maximum atomic E-state index is 12.3. The Hall–Kier alpha value is -2.95. The maximum absolute atomic E-state index is 12.3. The highest BCUT2D eigenvalue weighted by Gasteiger charge is 2.29. The highest BCUT2D eigenvalue weighted by atomic mass is 16.5. The second-order valence-corrected chi connectivity index (χ2v) is 4.97. The molecule has 1 amide bonds. The maximum Gasteiger partial charge on any atom is 0.303 e. The summed E-state index contributed by atoms with van der Waals surface area (Å²) >= 11 is 0. The van der Waals surface area contributed by atoms with E-state index < -0.39 is 23.8 Å². The molecule has 5 nitrogen and oxygen atoms in total. The molecule has 0 bridgehead atoms. The molecular weight excluding hydrogens is 294 g/mol. The molecule has 0 heterocycles. The van der Waals surface area contributed by atoms with Crippen LogP contribution in [0.5, 0.6) is 0 Å². The number of carbonyl (C=O) groups excluding carboxylic acids is 3. The first kappa shape index (κ1) is 16.4. The van der Waals surface area contributed by atoms with E-state index in [-0.39, 0.29) is 6.42 Å². The SMILES string of the molecule is CC(=O)OC(C(=O)Cc1ccccc1)C(=O)Nc1ccccc1. The van der Waals surface area contributed by atoms with Crippen molar-refractivity contribution in [1.82, 2.24) is 0 Å². The Morgan fingerprint density at radius 1 is 0.957 bits per heavy atom. The smallest absolute Gasteiger partial charge is 0.303 e. The lowest BCUT2D eigenvalue weighted by atomic mass is 10.0. The van der Waals surface area contributed by atoms with Gasteiger partial charge in [-0.05, 0) is 17.7 Å². The Kier molecular flexibility index (Phi) is 5.63. The van der Waals surface area contributed by atoms with Crippen LogP contribution in [0.2, 0.25) is 0 Å². The molecule has 118 valence electrons. The Labute approximate surface area is 134 Å². The molecule has 0 aliphatic carbocycles. The summed E-state index contributed by atoms with van der Waals surface area (Å²) < 4.78 is 4.92. The molecule has 2 rings (SSSR count). The third kappa shape index (κ3) is 5.07. The van der Waals surface area contributed by atoms with Gasteiger partial charge >= 0.3 is 5.97 Å². The predicted molar refractivity (Wildman–Crippen MR) is 85.8 cm³/mol. The molecule has 1 unspecified atom stereocenters. The number of rotatable bonds is 6. The molecule has 0 aromatic heterocycles. The van der Waals surface area contributed by atoms with Gasteiger partial charge in [-0.25, -0.2) is 0 Å². The average molecular weight is 311 g/mol. The number of hydrogen-bond donors (Lipinski definition) is 1. The summed E-state index contributed by atoms with van der Waals surface area (Å²) in [5.74, 6) is -1.81. The summed E-state index contributed by atoms with van der Waals surface area (Å²) in [5.41, 5.74) is 1.28. The van der Waals surface area contributed by atoms with Gasteiger partial charge in [0.1, 0.15) is 0 Å². The zero-order chi connectivity index (χ0) is 16.7. The number of para-hydroxylation sites is 1. The fraction of sp³-hybridized carbons (Fsp3) is 0.167. The predicted octanol–water partition coefficient (Wildman–Crippen LogP) is 2.37. The van der Waals surface area contributed by atoms with Gasteiger partial charge in [0.15, 0.2) is 5.78 Å². The summed E-state index contributed by atoms with van der Waals surface area (Å²) in [6.45, 7) is 1.17. The summed E-state index contributed by atoms with van der Waals surface area (Å²) in [4.78, 5) is 35.8. The fourth-order valence-corrected chi connectivity index (χ4v) is 2.05. The number of benzene rings is 2. The second kappa shape index (κ2) is 7.89. The van der Waals surface area contributed by atoms with E-state index >= 15 is 0 Å². The van der Waals surface area contributed by atoms with E-state index in [0.29, 0.717) is 5.69 Å². The standard InChI is InChI=1S/C18H17NO4/c1-13(20)23-17(16(21)12-14-8-4-2-5-9-14)18(22)19-15-10-6-3-7-11-15/h2-11,17H,12H2,1H3,(H,19,22). The molecule has 0 aliphatic rings. The monoisotopic (exact) mass is 311 g/mol. The van der Waals surface area contributed by atoms with Crippen LogP contribution >= 0.6 is 0 Å². The molecule has 0 spiro atoms. The molecule has 0 saturated heterocycles. The normalized spacial score (nSPS) is 11.3. The third-order valence-corrected chi connectivity index (χ3v) is 3.08. The average Bonchev–Trinajstić information content (AvgIpc) is 2.54. The summed E-state index contributed by atoms with van der Waals surface area (Å²) in [6.07, 6.45) is -1.45. The number of hydrogen-bond acceptors (Lipinski definition) is 4. The van der Waals surface area contributed by atoms with Crippen LogP contribution in [-0.2, 0) is 25.5 Å². The van der Waals surface area contributed by atoms with Gasteiger partial charge < -0.3 is 10.1 Å². The lowest BCUT2D eigenvalue weighted by Gasteiger charge is -2.16. The van der Waals surface area contributed by atoms with Gasteiger partial charge in [0.05, 0.1) is 0 Å². The van der Waals surface area contributed by atoms with Crippen molar-refractivity contribution in [3.63, 3.8) is 0 Å². The third-order valence-electron chi connectivity index (χ3n) is 3.08. The van der Waals surface area contributed by atoms with Gasteiger partial charge in [0, 0.05) is 19.0 Å². The molecular formula is C18H17NO4. The van der Waals surface area contributed by atoms with E-state index in [1.165, 1.54) is 6.92 Å². The molecule has 0 fully saturated rings. The largest absolute Gasteiger partial charge is 0.444 e. The number of ketones is 1. The number of esters is 1. The van der Waals surface area contributed by atoms with Crippen LogP contribution in [0.25, 0.3) is 0 Å². The minimum absolute atomic E-state index is 0.0149. The fourth-order valence-electron chi connectivity index (χ4n) is 2.05. The van der Waals surface area contributed by atoms with Crippen LogP contribution in [0, 0.1) is 0 Å². The zero-order valence-corrected chi connectivity index (χ0v) is 12.7. The minimum Gasteiger partial charge on any atom is -0.444 e. The van der Waals surface area contributed by atoms with Crippen molar-refractivity contribution in [2.75, 3.05) is 5.32 Å². The van der Waals surface area contributed by atoms with Crippen molar-refractivity contribution in [2.45, 2.75) is 19.4 Å². The summed E-state index contributed by atoms with van der Waals surface area (Å²) in [6, 6.07) is 17.7. The van der Waals surface area contributed by atoms with Crippen molar-refractivity contribution in [3.8, 4) is 0 Å². The van der Waals surface area contributed by atoms with Crippen molar-refractivity contribution in [2.24, 2.45) is 0 Å². The van der Waals surface area contributed by atoms with Gasteiger partial charge in [-0.1, -0.05) is 48.5 Å². The van der Waals surface area contributed by atoms with E-state index in [4.69, 9.17) is 4.74 Å². The van der Waals surface area contributed by atoms with E-state index in [2.05, 4.69) is 5.32 Å². The van der Waals surface area contributed by atoms with Crippen LogP contribution in [0.1, 0.15) is 12.5 Å². The van der Waals surface area contributed by atoms with E-state index in [1.54, 1.807) is 54.6 Å². The van der Waals surface area contributed by atoms with E-state index in [9.17, 15) is 14.4 Å². The van der Waals surface area contributed by atoms with Crippen LogP contribution < -0.4 is 5.32 Å². The Balaban J connectivity index is 2.10. The van der Waals surface area contributed by atoms with Crippen LogP contribution in [0.4, 0.5) is 5.69 Å². The Bertz CT molecular complexity index is 629. The second-order valence-electron chi connectivity index (χ2n) is 4.97. The lowest BCUT2D eigenvalue weighted by Crippen LogP contribution is -2.39. The molecule has 1 atom stereocenters. The molecule has 2 aromatic carbocycles. The van der Waals surface area contributed by atoms with Crippen LogP contribution in [0.15, 0.2) is 60.7 Å². The minimum atomic E-state index is -1.46. The molecule has 0 saturated carbocycles. The number of amides is 1. The van der Waals surface area contributed by atoms with Gasteiger partial charge in [0.2, 0.25) is 6.10 Å². The number of ether oxygens (including phenoxy) is 1. The van der Waals surface area contributed by atoms with Gasteiger partial charge in [0.25, 0.3) is 5.91 Å². The quantitative estimate of drug-likeness (QED) is 0.656. The van der Waals surface area contributed by atoms with Gasteiger partial charge in [-0.2, -0.15) is 0 Å². The zero-order valence-electron chi connectivity index (χ0n) is 12.7. The highest BCUT2D eigenvalue weighted by Crippen LogP contribution is 2.10.